The molecule has 25 heavy (non-hydrogen) atoms. The third-order valence-corrected chi connectivity index (χ3v) is 5.04. The molecule has 0 amide bonds. The predicted octanol–water partition coefficient (Wildman–Crippen LogP) is 3.24. The van der Waals surface area contributed by atoms with Crippen LogP contribution in [0.1, 0.15) is 43.2 Å². The maximum Gasteiger partial charge on any atom is 0.148 e. The molecule has 0 bridgehead atoms. The number of anilines is 2. The van der Waals surface area contributed by atoms with E-state index in [-0.39, 0.29) is 0 Å². The zero-order chi connectivity index (χ0) is 17.1. The molecule has 0 saturated carbocycles. The van der Waals surface area contributed by atoms with Gasteiger partial charge in [0.25, 0.3) is 0 Å². The Kier molecular flexibility index (Phi) is 4.90. The predicted molar refractivity (Wildman–Crippen MR) is 96.8 cm³/mol. The summed E-state index contributed by atoms with van der Waals surface area (Å²) in [5.74, 6) is 2.56. The van der Waals surface area contributed by atoms with E-state index in [1.807, 2.05) is 31.2 Å². The number of nitrogens with one attached hydrogen (secondary N) is 1. The van der Waals surface area contributed by atoms with Crippen LogP contribution in [0.15, 0.2) is 30.5 Å². The number of rotatable bonds is 4. The highest BCUT2D eigenvalue weighted by Crippen LogP contribution is 2.35. The smallest absolute Gasteiger partial charge is 0.148 e. The number of hydrogen-bond acceptors (Lipinski definition) is 6. The van der Waals surface area contributed by atoms with Gasteiger partial charge in [-0.1, -0.05) is 6.07 Å². The van der Waals surface area contributed by atoms with E-state index in [4.69, 9.17) is 14.7 Å². The molecule has 2 aliphatic rings. The Labute approximate surface area is 148 Å². The van der Waals surface area contributed by atoms with Crippen molar-refractivity contribution in [1.29, 1.82) is 0 Å². The number of hydrogen-bond donors (Lipinski definition) is 1. The summed E-state index contributed by atoms with van der Waals surface area (Å²) >= 11 is 0. The lowest BCUT2D eigenvalue weighted by atomic mass is 10.1. The van der Waals surface area contributed by atoms with Crippen molar-refractivity contribution in [1.82, 2.24) is 19.9 Å². The second-order valence-corrected chi connectivity index (χ2v) is 6.83. The van der Waals surface area contributed by atoms with Crippen LogP contribution in [0.3, 0.4) is 0 Å². The van der Waals surface area contributed by atoms with Crippen molar-refractivity contribution in [3.63, 3.8) is 0 Å². The molecule has 2 saturated heterocycles. The molecule has 6 nitrogen and oxygen atoms in total. The number of ether oxygens (including phenoxy) is 1. The Bertz CT molecular complexity index is 702. The van der Waals surface area contributed by atoms with Crippen molar-refractivity contribution in [2.75, 3.05) is 25.1 Å². The Morgan fingerprint density at radius 1 is 1.12 bits per heavy atom. The Morgan fingerprint density at radius 2 is 2.00 bits per heavy atom. The van der Waals surface area contributed by atoms with Crippen LogP contribution < -0.4 is 5.32 Å². The van der Waals surface area contributed by atoms with E-state index in [0.29, 0.717) is 12.1 Å². The van der Waals surface area contributed by atoms with Gasteiger partial charge in [-0.2, -0.15) is 0 Å². The molecule has 1 unspecified atom stereocenters. The van der Waals surface area contributed by atoms with Crippen LogP contribution in [0.25, 0.3) is 0 Å². The zero-order valence-electron chi connectivity index (χ0n) is 14.7. The maximum atomic E-state index is 5.53. The summed E-state index contributed by atoms with van der Waals surface area (Å²) in [4.78, 5) is 16.5. The molecular formula is C19H25N5O. The van der Waals surface area contributed by atoms with Gasteiger partial charge in [0.1, 0.15) is 17.5 Å². The SMILES string of the molecule is Cc1cc(Nc2ccccn2)nc(C2CCCN2C2CCOCC2)n1. The van der Waals surface area contributed by atoms with Gasteiger partial charge in [0.15, 0.2) is 0 Å². The standard InChI is InChI=1S/C19H25N5O/c1-14-13-18(22-17-6-2-3-9-20-17)23-19(21-14)16-5-4-10-24(16)15-7-11-25-12-8-15/h2-3,6,9,13,15-16H,4-5,7-8,10-12H2,1H3,(H,20,21,22,23). The second-order valence-electron chi connectivity index (χ2n) is 6.83. The van der Waals surface area contributed by atoms with Crippen LogP contribution in [-0.2, 0) is 4.74 Å². The normalized spacial score (nSPS) is 22.2. The topological polar surface area (TPSA) is 63.2 Å². The molecule has 1 atom stereocenters. The van der Waals surface area contributed by atoms with Crippen molar-refractivity contribution in [2.45, 2.75) is 44.7 Å². The van der Waals surface area contributed by atoms with E-state index >= 15 is 0 Å². The largest absolute Gasteiger partial charge is 0.381 e. The molecular weight excluding hydrogens is 314 g/mol. The van der Waals surface area contributed by atoms with Gasteiger partial charge in [-0.25, -0.2) is 15.0 Å². The van der Waals surface area contributed by atoms with Crippen molar-refractivity contribution >= 4 is 11.6 Å². The number of likely N-dealkylation sites (tertiary alicyclic amines) is 1. The molecule has 0 aliphatic carbocycles. The molecule has 2 aromatic rings. The van der Waals surface area contributed by atoms with Crippen molar-refractivity contribution < 1.29 is 4.74 Å². The average molecular weight is 339 g/mol. The van der Waals surface area contributed by atoms with Gasteiger partial charge in [0.2, 0.25) is 0 Å². The summed E-state index contributed by atoms with van der Waals surface area (Å²) in [6.45, 7) is 4.91. The summed E-state index contributed by atoms with van der Waals surface area (Å²) in [6, 6.07) is 8.71. The molecule has 2 aromatic heterocycles. The molecule has 0 spiro atoms. The fourth-order valence-corrected chi connectivity index (χ4v) is 3.89. The molecule has 6 heteroatoms. The zero-order valence-corrected chi connectivity index (χ0v) is 14.7. The fourth-order valence-electron chi connectivity index (χ4n) is 3.89. The molecule has 0 radical (unpaired) electrons. The third-order valence-electron chi connectivity index (χ3n) is 5.04. The molecule has 0 aromatic carbocycles. The number of nitrogens with zero attached hydrogens (tertiary/aromatic N) is 4. The minimum Gasteiger partial charge on any atom is -0.381 e. The lowest BCUT2D eigenvalue weighted by Crippen LogP contribution is -2.39. The van der Waals surface area contributed by atoms with Gasteiger partial charge >= 0.3 is 0 Å². The Hall–Kier alpha value is -2.05. The monoisotopic (exact) mass is 339 g/mol. The van der Waals surface area contributed by atoms with E-state index in [1.54, 1.807) is 6.20 Å². The summed E-state index contributed by atoms with van der Waals surface area (Å²) in [5.41, 5.74) is 0.988. The lowest BCUT2D eigenvalue weighted by Gasteiger charge is -2.34. The molecule has 2 aliphatic heterocycles. The molecule has 2 fully saturated rings. The first kappa shape index (κ1) is 16.4. The summed E-state index contributed by atoms with van der Waals surface area (Å²) in [7, 11) is 0. The van der Waals surface area contributed by atoms with Gasteiger partial charge in [-0.05, 0) is 51.3 Å². The number of pyridine rings is 1. The summed E-state index contributed by atoms with van der Waals surface area (Å²) in [6.07, 6.45) is 6.34. The minimum absolute atomic E-state index is 0.312. The third kappa shape index (κ3) is 3.80. The highest BCUT2D eigenvalue weighted by Gasteiger charge is 2.34. The van der Waals surface area contributed by atoms with Crippen molar-refractivity contribution in [3.05, 3.63) is 42.0 Å². The first-order chi connectivity index (χ1) is 12.3. The second kappa shape index (κ2) is 7.45. The van der Waals surface area contributed by atoms with Crippen LogP contribution in [0.5, 0.6) is 0 Å². The molecule has 4 rings (SSSR count). The Balaban J connectivity index is 1.56. The van der Waals surface area contributed by atoms with E-state index < -0.39 is 0 Å². The first-order valence-corrected chi connectivity index (χ1v) is 9.17. The maximum absolute atomic E-state index is 5.53. The fraction of sp³-hybridized carbons (Fsp3) is 0.526. The molecule has 4 heterocycles. The average Bonchev–Trinajstić information content (AvgIpc) is 3.13. The van der Waals surface area contributed by atoms with E-state index in [0.717, 1.165) is 62.2 Å². The van der Waals surface area contributed by atoms with E-state index in [9.17, 15) is 0 Å². The van der Waals surface area contributed by atoms with Gasteiger partial charge < -0.3 is 10.1 Å². The highest BCUT2D eigenvalue weighted by atomic mass is 16.5. The van der Waals surface area contributed by atoms with Crippen LogP contribution in [-0.4, -0.2) is 45.7 Å². The van der Waals surface area contributed by atoms with Crippen molar-refractivity contribution in [3.8, 4) is 0 Å². The molecule has 1 N–H and O–H groups in total. The highest BCUT2D eigenvalue weighted by molar-refractivity contribution is 5.51. The van der Waals surface area contributed by atoms with E-state index in [2.05, 4.69) is 15.2 Å². The van der Waals surface area contributed by atoms with Crippen LogP contribution in [0.4, 0.5) is 11.6 Å². The van der Waals surface area contributed by atoms with Gasteiger partial charge in [-0.15, -0.1) is 0 Å². The lowest BCUT2D eigenvalue weighted by molar-refractivity contribution is 0.0279. The molecule has 132 valence electrons. The van der Waals surface area contributed by atoms with Gasteiger partial charge in [0.05, 0.1) is 6.04 Å². The van der Waals surface area contributed by atoms with E-state index in [1.165, 1.54) is 6.42 Å². The number of aryl methyl sites for hydroxylation is 1. The summed E-state index contributed by atoms with van der Waals surface area (Å²) in [5, 5.41) is 3.30. The quantitative estimate of drug-likeness (QED) is 0.923. The Morgan fingerprint density at radius 3 is 2.80 bits per heavy atom. The first-order valence-electron chi connectivity index (χ1n) is 9.17. The number of aromatic nitrogens is 3. The van der Waals surface area contributed by atoms with Gasteiger partial charge in [-0.3, -0.25) is 4.90 Å². The van der Waals surface area contributed by atoms with Gasteiger partial charge in [0, 0.05) is 37.2 Å². The van der Waals surface area contributed by atoms with Crippen LogP contribution in [0, 0.1) is 6.92 Å². The summed E-state index contributed by atoms with van der Waals surface area (Å²) < 4.78 is 5.53. The van der Waals surface area contributed by atoms with Crippen LogP contribution in [0.2, 0.25) is 0 Å². The van der Waals surface area contributed by atoms with Crippen LogP contribution >= 0.6 is 0 Å². The minimum atomic E-state index is 0.312. The van der Waals surface area contributed by atoms with Crippen molar-refractivity contribution in [2.24, 2.45) is 0 Å².